The smallest absolute Gasteiger partial charge is 0.400 e. The fourth-order valence-corrected chi connectivity index (χ4v) is 2.64. The Morgan fingerprint density at radius 1 is 1.05 bits per heavy atom. The maximum Gasteiger partial charge on any atom is 0.490 e. The monoisotopic (exact) mass is 256 g/mol. The number of rotatable bonds is 1. The van der Waals surface area contributed by atoms with Crippen LogP contribution in [0.25, 0.3) is 6.08 Å². The summed E-state index contributed by atoms with van der Waals surface area (Å²) in [6.07, 6.45) is 3.16. The van der Waals surface area contributed by atoms with Crippen molar-refractivity contribution < 1.29 is 9.31 Å². The average Bonchev–Trinajstić information content (AvgIpc) is 2.78. The first-order valence-corrected chi connectivity index (χ1v) is 6.94. The molecule has 0 atom stereocenters. The molecule has 1 aliphatic carbocycles. The summed E-state index contributed by atoms with van der Waals surface area (Å²) in [5, 5.41) is 0. The SMILES string of the molecule is Cc1ccc2c(c1)CC(B1OC(C)(C)C(C)(C)O1)=C2. The first-order chi connectivity index (χ1) is 8.78. The van der Waals surface area contributed by atoms with Crippen molar-refractivity contribution in [2.45, 2.75) is 52.2 Å². The minimum atomic E-state index is -0.261. The first-order valence-electron chi connectivity index (χ1n) is 6.94. The van der Waals surface area contributed by atoms with Crippen LogP contribution in [0.5, 0.6) is 0 Å². The lowest BCUT2D eigenvalue weighted by Crippen LogP contribution is -2.41. The van der Waals surface area contributed by atoms with Crippen molar-refractivity contribution in [1.29, 1.82) is 0 Å². The predicted molar refractivity (Wildman–Crippen MR) is 78.9 cm³/mol. The molecule has 3 heteroatoms. The van der Waals surface area contributed by atoms with Gasteiger partial charge in [0.05, 0.1) is 11.2 Å². The fraction of sp³-hybridized carbons (Fsp3) is 0.500. The Bertz CT molecular complexity index is 542. The van der Waals surface area contributed by atoms with Crippen LogP contribution in [0.2, 0.25) is 0 Å². The molecule has 0 aromatic heterocycles. The molecule has 1 saturated heterocycles. The third-order valence-corrected chi connectivity index (χ3v) is 4.59. The van der Waals surface area contributed by atoms with Crippen LogP contribution in [0.1, 0.15) is 44.4 Å². The zero-order valence-corrected chi connectivity index (χ0v) is 12.4. The summed E-state index contributed by atoms with van der Waals surface area (Å²) in [5.74, 6) is 0. The third kappa shape index (κ3) is 2.05. The average molecular weight is 256 g/mol. The van der Waals surface area contributed by atoms with Crippen molar-refractivity contribution >= 4 is 13.2 Å². The quantitative estimate of drug-likeness (QED) is 0.715. The number of allylic oxidation sites excluding steroid dienone is 1. The molecule has 0 bridgehead atoms. The van der Waals surface area contributed by atoms with Gasteiger partial charge in [-0.25, -0.2) is 0 Å². The molecule has 100 valence electrons. The van der Waals surface area contributed by atoms with E-state index in [1.54, 1.807) is 0 Å². The highest BCUT2D eigenvalue weighted by molar-refractivity contribution is 6.56. The maximum absolute atomic E-state index is 6.12. The minimum Gasteiger partial charge on any atom is -0.400 e. The zero-order valence-electron chi connectivity index (χ0n) is 12.4. The second-order valence-corrected chi connectivity index (χ2v) is 6.69. The van der Waals surface area contributed by atoms with Gasteiger partial charge in [0.25, 0.3) is 0 Å². The highest BCUT2D eigenvalue weighted by atomic mass is 16.7. The van der Waals surface area contributed by atoms with E-state index < -0.39 is 0 Å². The van der Waals surface area contributed by atoms with Crippen LogP contribution in [0, 0.1) is 6.92 Å². The molecule has 2 aliphatic rings. The molecule has 1 aromatic rings. The summed E-state index contributed by atoms with van der Waals surface area (Å²) in [6, 6.07) is 6.59. The van der Waals surface area contributed by atoms with Gasteiger partial charge in [-0.2, -0.15) is 0 Å². The molecule has 0 N–H and O–H groups in total. The molecule has 0 spiro atoms. The van der Waals surface area contributed by atoms with E-state index in [2.05, 4.69) is 58.9 Å². The zero-order chi connectivity index (χ0) is 13.8. The van der Waals surface area contributed by atoms with Gasteiger partial charge in [0.15, 0.2) is 0 Å². The topological polar surface area (TPSA) is 18.5 Å². The summed E-state index contributed by atoms with van der Waals surface area (Å²) in [5.41, 5.74) is 4.70. The number of hydrogen-bond donors (Lipinski definition) is 0. The van der Waals surface area contributed by atoms with E-state index in [9.17, 15) is 0 Å². The van der Waals surface area contributed by atoms with E-state index in [1.807, 2.05) is 0 Å². The van der Waals surface area contributed by atoms with Crippen LogP contribution in [0.15, 0.2) is 23.7 Å². The molecular weight excluding hydrogens is 235 g/mol. The molecule has 1 fully saturated rings. The van der Waals surface area contributed by atoms with Crippen LogP contribution in [-0.4, -0.2) is 18.3 Å². The highest BCUT2D eigenvalue weighted by Gasteiger charge is 2.52. The Morgan fingerprint density at radius 3 is 2.32 bits per heavy atom. The standard InChI is InChI=1S/C16H21BO2/c1-11-6-7-12-9-14(10-13(12)8-11)17-18-15(2,3)16(4,5)19-17/h6-9H,10H2,1-5H3. The number of fused-ring (bicyclic) bond motifs is 1. The predicted octanol–water partition coefficient (Wildman–Crippen LogP) is 3.57. The van der Waals surface area contributed by atoms with Crippen LogP contribution in [0.3, 0.4) is 0 Å². The second kappa shape index (κ2) is 3.97. The molecule has 3 rings (SSSR count). The third-order valence-electron chi connectivity index (χ3n) is 4.59. The van der Waals surface area contributed by atoms with Crippen LogP contribution in [0.4, 0.5) is 0 Å². The Hall–Kier alpha value is -1.06. The van der Waals surface area contributed by atoms with Crippen molar-refractivity contribution in [3.63, 3.8) is 0 Å². The van der Waals surface area contributed by atoms with Gasteiger partial charge in [-0.15, -0.1) is 0 Å². The van der Waals surface area contributed by atoms with E-state index in [4.69, 9.17) is 9.31 Å². The molecule has 19 heavy (non-hydrogen) atoms. The Balaban J connectivity index is 1.85. The fourth-order valence-electron chi connectivity index (χ4n) is 2.64. The molecule has 0 unspecified atom stereocenters. The Morgan fingerprint density at radius 2 is 1.68 bits per heavy atom. The van der Waals surface area contributed by atoms with E-state index in [1.165, 1.54) is 22.2 Å². The van der Waals surface area contributed by atoms with Crippen molar-refractivity contribution in [2.75, 3.05) is 0 Å². The highest BCUT2D eigenvalue weighted by Crippen LogP contribution is 2.40. The van der Waals surface area contributed by atoms with E-state index in [-0.39, 0.29) is 18.3 Å². The molecule has 1 aliphatic heterocycles. The molecule has 0 radical (unpaired) electrons. The van der Waals surface area contributed by atoms with E-state index >= 15 is 0 Å². The van der Waals surface area contributed by atoms with Crippen LogP contribution >= 0.6 is 0 Å². The number of benzene rings is 1. The lowest BCUT2D eigenvalue weighted by molar-refractivity contribution is 0.00578. The molecular formula is C16H21BO2. The summed E-state index contributed by atoms with van der Waals surface area (Å²) in [7, 11) is -0.210. The van der Waals surface area contributed by atoms with Gasteiger partial charge < -0.3 is 9.31 Å². The Labute approximate surface area is 115 Å². The molecule has 0 saturated carbocycles. The molecule has 2 nitrogen and oxygen atoms in total. The summed E-state index contributed by atoms with van der Waals surface area (Å²) in [4.78, 5) is 0. The van der Waals surface area contributed by atoms with Crippen LogP contribution < -0.4 is 0 Å². The minimum absolute atomic E-state index is 0.210. The van der Waals surface area contributed by atoms with Gasteiger partial charge in [0.1, 0.15) is 0 Å². The van der Waals surface area contributed by atoms with Crippen molar-refractivity contribution in [3.8, 4) is 0 Å². The summed E-state index contributed by atoms with van der Waals surface area (Å²) < 4.78 is 12.2. The molecule has 0 amide bonds. The number of aryl methyl sites for hydroxylation is 1. The summed E-state index contributed by atoms with van der Waals surface area (Å²) in [6.45, 7) is 10.5. The largest absolute Gasteiger partial charge is 0.490 e. The maximum atomic E-state index is 6.12. The lowest BCUT2D eigenvalue weighted by Gasteiger charge is -2.32. The van der Waals surface area contributed by atoms with E-state index in [0.29, 0.717) is 0 Å². The molecule has 1 heterocycles. The van der Waals surface area contributed by atoms with Crippen LogP contribution in [-0.2, 0) is 15.7 Å². The van der Waals surface area contributed by atoms with E-state index in [0.717, 1.165) is 6.42 Å². The van der Waals surface area contributed by atoms with Gasteiger partial charge >= 0.3 is 7.12 Å². The number of hydrogen-bond acceptors (Lipinski definition) is 2. The van der Waals surface area contributed by atoms with Crippen molar-refractivity contribution in [2.24, 2.45) is 0 Å². The first kappa shape index (κ1) is 13.0. The lowest BCUT2D eigenvalue weighted by atomic mass is 9.77. The van der Waals surface area contributed by atoms with Gasteiger partial charge in [-0.3, -0.25) is 0 Å². The second-order valence-electron chi connectivity index (χ2n) is 6.69. The normalized spacial score (nSPS) is 23.4. The van der Waals surface area contributed by atoms with Crippen molar-refractivity contribution in [3.05, 3.63) is 40.4 Å². The Kier molecular flexibility index (Phi) is 2.71. The van der Waals surface area contributed by atoms with Gasteiger partial charge in [-0.05, 0) is 57.6 Å². The van der Waals surface area contributed by atoms with Gasteiger partial charge in [0.2, 0.25) is 0 Å². The molecule has 1 aromatic carbocycles. The van der Waals surface area contributed by atoms with Gasteiger partial charge in [-0.1, -0.05) is 29.8 Å². The summed E-state index contributed by atoms with van der Waals surface area (Å²) >= 11 is 0. The van der Waals surface area contributed by atoms with Crippen molar-refractivity contribution in [1.82, 2.24) is 0 Å². The van der Waals surface area contributed by atoms with Gasteiger partial charge in [0, 0.05) is 0 Å².